The monoisotopic (exact) mass is 274 g/mol. The maximum Gasteiger partial charge on any atom is 0.416 e. The fraction of sp³-hybridized carbons (Fsp3) is 0.333. The highest BCUT2D eigenvalue weighted by Crippen LogP contribution is 2.34. The first kappa shape index (κ1) is 15.0. The summed E-state index contributed by atoms with van der Waals surface area (Å²) in [5, 5.41) is 13.5. The fourth-order valence-corrected chi connectivity index (χ4v) is 1.47. The van der Waals surface area contributed by atoms with E-state index >= 15 is 0 Å². The van der Waals surface area contributed by atoms with Gasteiger partial charge in [0, 0.05) is 12.6 Å². The van der Waals surface area contributed by atoms with E-state index in [1.54, 1.807) is 0 Å². The summed E-state index contributed by atoms with van der Waals surface area (Å²) in [6, 6.07) is 2.44. The van der Waals surface area contributed by atoms with Gasteiger partial charge in [-0.05, 0) is 25.5 Å². The Bertz CT molecular complexity index is 484. The molecule has 0 radical (unpaired) electrons. The van der Waals surface area contributed by atoms with Crippen LogP contribution < -0.4 is 5.32 Å². The first-order valence-corrected chi connectivity index (χ1v) is 5.57. The molecule has 19 heavy (non-hydrogen) atoms. The second-order valence-corrected chi connectivity index (χ2v) is 3.77. The standard InChI is InChI=1S/C12H13F3N2O2/c1-2-3-4-7-16-10-6-5-9(12(13,14)15)8-11(10)17(18)19/h2-3,5-6,8,16H,4,7H2,1H3/b3-2+. The van der Waals surface area contributed by atoms with Crippen LogP contribution in [0, 0.1) is 10.1 Å². The van der Waals surface area contributed by atoms with Crippen LogP contribution in [-0.4, -0.2) is 11.5 Å². The molecule has 0 saturated heterocycles. The van der Waals surface area contributed by atoms with E-state index in [9.17, 15) is 23.3 Å². The summed E-state index contributed by atoms with van der Waals surface area (Å²) in [5.74, 6) is 0. The molecular weight excluding hydrogens is 261 g/mol. The Balaban J connectivity index is 2.95. The van der Waals surface area contributed by atoms with Crippen molar-refractivity contribution in [3.8, 4) is 0 Å². The molecule has 1 rings (SSSR count). The van der Waals surface area contributed by atoms with Gasteiger partial charge in [-0.25, -0.2) is 0 Å². The second-order valence-electron chi connectivity index (χ2n) is 3.77. The van der Waals surface area contributed by atoms with Crippen molar-refractivity contribution in [1.29, 1.82) is 0 Å². The van der Waals surface area contributed by atoms with Gasteiger partial charge in [0.05, 0.1) is 10.5 Å². The number of alkyl halides is 3. The van der Waals surface area contributed by atoms with Gasteiger partial charge in [-0.1, -0.05) is 12.2 Å². The van der Waals surface area contributed by atoms with Gasteiger partial charge in [0.2, 0.25) is 0 Å². The molecule has 0 bridgehead atoms. The number of nitro groups is 1. The van der Waals surface area contributed by atoms with E-state index in [4.69, 9.17) is 0 Å². The molecule has 1 N–H and O–H groups in total. The lowest BCUT2D eigenvalue weighted by atomic mass is 10.1. The van der Waals surface area contributed by atoms with Gasteiger partial charge in [-0.2, -0.15) is 13.2 Å². The Labute approximate surface area is 108 Å². The SMILES string of the molecule is C/C=C/CCNc1ccc(C(F)(F)F)cc1[N+](=O)[O-]. The largest absolute Gasteiger partial charge is 0.416 e. The molecule has 0 unspecified atom stereocenters. The van der Waals surface area contributed by atoms with Crippen molar-refractivity contribution in [3.05, 3.63) is 46.0 Å². The Hall–Kier alpha value is -2.05. The number of rotatable bonds is 5. The third kappa shape index (κ3) is 4.27. The Morgan fingerprint density at radius 3 is 2.63 bits per heavy atom. The lowest BCUT2D eigenvalue weighted by Gasteiger charge is -2.09. The number of hydrogen-bond acceptors (Lipinski definition) is 3. The van der Waals surface area contributed by atoms with Crippen LogP contribution in [0.25, 0.3) is 0 Å². The van der Waals surface area contributed by atoms with Crippen LogP contribution in [0.2, 0.25) is 0 Å². The summed E-state index contributed by atoms with van der Waals surface area (Å²) in [6.07, 6.45) is -0.283. The number of nitro benzene ring substituents is 1. The molecule has 0 amide bonds. The minimum atomic E-state index is -4.59. The predicted octanol–water partition coefficient (Wildman–Crippen LogP) is 3.99. The maximum absolute atomic E-state index is 12.5. The quantitative estimate of drug-likeness (QED) is 0.382. The van der Waals surface area contributed by atoms with Crippen LogP contribution in [0.1, 0.15) is 18.9 Å². The number of halogens is 3. The lowest BCUT2D eigenvalue weighted by molar-refractivity contribution is -0.384. The van der Waals surface area contributed by atoms with Crippen molar-refractivity contribution in [2.75, 3.05) is 11.9 Å². The number of anilines is 1. The molecule has 0 aromatic heterocycles. The van der Waals surface area contributed by atoms with Crippen LogP contribution in [0.3, 0.4) is 0 Å². The Morgan fingerprint density at radius 1 is 1.42 bits per heavy atom. The number of nitrogens with zero attached hydrogens (tertiary/aromatic N) is 1. The van der Waals surface area contributed by atoms with E-state index < -0.39 is 22.4 Å². The summed E-state index contributed by atoms with van der Waals surface area (Å²) >= 11 is 0. The normalized spacial score (nSPS) is 11.8. The number of benzene rings is 1. The average molecular weight is 274 g/mol. The molecule has 0 spiro atoms. The molecule has 0 aliphatic carbocycles. The molecule has 4 nitrogen and oxygen atoms in total. The van der Waals surface area contributed by atoms with Crippen LogP contribution in [0.5, 0.6) is 0 Å². The highest BCUT2D eigenvalue weighted by Gasteiger charge is 2.32. The summed E-state index contributed by atoms with van der Waals surface area (Å²) < 4.78 is 37.4. The van der Waals surface area contributed by atoms with E-state index in [2.05, 4.69) is 5.32 Å². The summed E-state index contributed by atoms with van der Waals surface area (Å²) in [7, 11) is 0. The average Bonchev–Trinajstić information content (AvgIpc) is 2.33. The van der Waals surface area contributed by atoms with Gasteiger partial charge >= 0.3 is 6.18 Å². The Kier molecular flexibility index (Phi) is 4.91. The molecular formula is C12H13F3N2O2. The fourth-order valence-electron chi connectivity index (χ4n) is 1.47. The molecule has 0 saturated carbocycles. The van der Waals surface area contributed by atoms with Crippen molar-refractivity contribution in [3.63, 3.8) is 0 Å². The van der Waals surface area contributed by atoms with Gasteiger partial charge in [0.1, 0.15) is 5.69 Å². The van der Waals surface area contributed by atoms with Gasteiger partial charge in [0.15, 0.2) is 0 Å². The molecule has 0 aliphatic rings. The first-order valence-electron chi connectivity index (χ1n) is 5.57. The zero-order chi connectivity index (χ0) is 14.5. The van der Waals surface area contributed by atoms with E-state index in [1.165, 1.54) is 0 Å². The predicted molar refractivity (Wildman–Crippen MR) is 66.0 cm³/mol. The molecule has 0 atom stereocenters. The molecule has 1 aromatic rings. The third-order valence-corrected chi connectivity index (χ3v) is 2.38. The number of nitrogens with one attached hydrogen (secondary N) is 1. The van der Waals surface area contributed by atoms with Crippen molar-refractivity contribution >= 4 is 11.4 Å². The highest BCUT2D eigenvalue weighted by atomic mass is 19.4. The highest BCUT2D eigenvalue weighted by molar-refractivity contribution is 5.62. The van der Waals surface area contributed by atoms with E-state index in [-0.39, 0.29) is 5.69 Å². The van der Waals surface area contributed by atoms with Crippen molar-refractivity contribution in [2.45, 2.75) is 19.5 Å². The Morgan fingerprint density at radius 2 is 2.11 bits per heavy atom. The molecule has 7 heteroatoms. The van der Waals surface area contributed by atoms with Crippen molar-refractivity contribution < 1.29 is 18.1 Å². The molecule has 0 heterocycles. The van der Waals surface area contributed by atoms with Crippen LogP contribution in [0.15, 0.2) is 30.4 Å². The molecule has 0 fully saturated rings. The van der Waals surface area contributed by atoms with E-state index in [0.717, 1.165) is 12.1 Å². The minimum Gasteiger partial charge on any atom is -0.379 e. The van der Waals surface area contributed by atoms with Gasteiger partial charge in [-0.3, -0.25) is 10.1 Å². The third-order valence-electron chi connectivity index (χ3n) is 2.38. The zero-order valence-corrected chi connectivity index (χ0v) is 10.2. The zero-order valence-electron chi connectivity index (χ0n) is 10.2. The van der Waals surface area contributed by atoms with Gasteiger partial charge in [0.25, 0.3) is 5.69 Å². The van der Waals surface area contributed by atoms with E-state index in [0.29, 0.717) is 19.0 Å². The van der Waals surface area contributed by atoms with Gasteiger partial charge in [-0.15, -0.1) is 0 Å². The summed E-state index contributed by atoms with van der Waals surface area (Å²) in [4.78, 5) is 9.95. The van der Waals surface area contributed by atoms with Crippen molar-refractivity contribution in [1.82, 2.24) is 0 Å². The van der Waals surface area contributed by atoms with Crippen LogP contribution in [-0.2, 0) is 6.18 Å². The summed E-state index contributed by atoms with van der Waals surface area (Å²) in [5.41, 5.74) is -1.52. The molecule has 1 aromatic carbocycles. The molecule has 0 aliphatic heterocycles. The lowest BCUT2D eigenvalue weighted by Crippen LogP contribution is -2.08. The van der Waals surface area contributed by atoms with E-state index in [1.807, 2.05) is 19.1 Å². The smallest absolute Gasteiger partial charge is 0.379 e. The minimum absolute atomic E-state index is 0.0857. The number of hydrogen-bond donors (Lipinski definition) is 1. The first-order chi connectivity index (χ1) is 8.86. The van der Waals surface area contributed by atoms with Crippen LogP contribution in [0.4, 0.5) is 24.5 Å². The summed E-state index contributed by atoms with van der Waals surface area (Å²) in [6.45, 7) is 2.25. The topological polar surface area (TPSA) is 55.2 Å². The second kappa shape index (κ2) is 6.21. The van der Waals surface area contributed by atoms with Crippen molar-refractivity contribution in [2.24, 2.45) is 0 Å². The van der Waals surface area contributed by atoms with Gasteiger partial charge < -0.3 is 5.32 Å². The maximum atomic E-state index is 12.5. The molecule has 104 valence electrons. The number of allylic oxidation sites excluding steroid dienone is 1. The van der Waals surface area contributed by atoms with Crippen LogP contribution >= 0.6 is 0 Å².